The smallest absolute Gasteiger partial charge is 0.471 e. The zero-order chi connectivity index (χ0) is 15.2. The average Bonchev–Trinajstić information content (AvgIpc) is 2.37. The first-order valence-corrected chi connectivity index (χ1v) is 6.68. The Bertz CT molecular complexity index is 465. The summed E-state index contributed by atoms with van der Waals surface area (Å²) in [6, 6.07) is 7.48. The Labute approximate surface area is 117 Å². The molecule has 0 heterocycles. The zero-order valence-corrected chi connectivity index (χ0v) is 11.0. The second kappa shape index (κ2) is 7.18. The second-order valence-electron chi connectivity index (χ2n) is 3.86. The van der Waals surface area contributed by atoms with Crippen molar-refractivity contribution in [2.75, 3.05) is 5.75 Å². The first kappa shape index (κ1) is 16.4. The third-order valence-corrected chi connectivity index (χ3v) is 3.36. The Kier molecular flexibility index (Phi) is 5.87. The molecule has 20 heavy (non-hydrogen) atoms. The van der Waals surface area contributed by atoms with E-state index in [1.807, 2.05) is 18.2 Å². The van der Waals surface area contributed by atoms with Crippen molar-refractivity contribution in [3.63, 3.8) is 0 Å². The fourth-order valence-corrected chi connectivity index (χ4v) is 2.29. The van der Waals surface area contributed by atoms with Crippen LogP contribution in [0, 0.1) is 0 Å². The number of benzene rings is 1. The van der Waals surface area contributed by atoms with E-state index in [4.69, 9.17) is 5.11 Å². The van der Waals surface area contributed by atoms with Gasteiger partial charge >= 0.3 is 18.1 Å². The molecule has 1 aromatic carbocycles. The molecule has 8 heteroatoms. The van der Waals surface area contributed by atoms with E-state index in [1.165, 1.54) is 5.32 Å². The molecule has 0 bridgehead atoms. The number of carboxylic acids is 1. The van der Waals surface area contributed by atoms with Gasteiger partial charge in [-0.1, -0.05) is 30.3 Å². The van der Waals surface area contributed by atoms with E-state index in [2.05, 4.69) is 0 Å². The second-order valence-corrected chi connectivity index (χ2v) is 4.89. The van der Waals surface area contributed by atoms with Crippen molar-refractivity contribution in [1.29, 1.82) is 0 Å². The standard InChI is InChI=1S/C12H12F3NO3S/c13-12(14,15)11(19)16-9(10(17)18)7-20-6-8-4-2-1-3-5-8/h1-5,9H,6-7H2,(H,16,19)(H,17,18). The van der Waals surface area contributed by atoms with Gasteiger partial charge in [-0.3, -0.25) is 4.79 Å². The van der Waals surface area contributed by atoms with Crippen LogP contribution >= 0.6 is 11.8 Å². The summed E-state index contributed by atoms with van der Waals surface area (Å²) in [7, 11) is 0. The molecule has 0 spiro atoms. The monoisotopic (exact) mass is 307 g/mol. The lowest BCUT2D eigenvalue weighted by molar-refractivity contribution is -0.175. The van der Waals surface area contributed by atoms with Crippen LogP contribution in [0.2, 0.25) is 0 Å². The van der Waals surface area contributed by atoms with Crippen LogP contribution in [-0.4, -0.2) is 35.0 Å². The third-order valence-electron chi connectivity index (χ3n) is 2.26. The largest absolute Gasteiger partial charge is 0.480 e. The summed E-state index contributed by atoms with van der Waals surface area (Å²) in [5.74, 6) is -3.44. The van der Waals surface area contributed by atoms with E-state index in [0.29, 0.717) is 5.75 Å². The molecule has 1 amide bonds. The molecule has 0 aliphatic carbocycles. The van der Waals surface area contributed by atoms with E-state index in [1.54, 1.807) is 12.1 Å². The molecule has 0 aliphatic rings. The molecule has 0 saturated heterocycles. The van der Waals surface area contributed by atoms with E-state index in [0.717, 1.165) is 17.3 Å². The number of aliphatic carboxylic acids is 1. The first-order valence-electron chi connectivity index (χ1n) is 5.53. The average molecular weight is 307 g/mol. The van der Waals surface area contributed by atoms with Gasteiger partial charge in [0.2, 0.25) is 0 Å². The summed E-state index contributed by atoms with van der Waals surface area (Å²) in [5, 5.41) is 10.2. The highest BCUT2D eigenvalue weighted by Gasteiger charge is 2.40. The Morgan fingerprint density at radius 2 is 1.85 bits per heavy atom. The van der Waals surface area contributed by atoms with E-state index < -0.39 is 24.1 Å². The number of alkyl halides is 3. The fourth-order valence-electron chi connectivity index (χ4n) is 1.28. The minimum absolute atomic E-state index is 0.147. The maximum atomic E-state index is 12.0. The first-order chi connectivity index (χ1) is 9.30. The van der Waals surface area contributed by atoms with E-state index in [-0.39, 0.29) is 5.75 Å². The van der Waals surface area contributed by atoms with Crippen LogP contribution in [0.15, 0.2) is 30.3 Å². The molecule has 110 valence electrons. The van der Waals surface area contributed by atoms with Crippen LogP contribution in [0.5, 0.6) is 0 Å². The highest BCUT2D eigenvalue weighted by atomic mass is 32.2. The highest BCUT2D eigenvalue weighted by molar-refractivity contribution is 7.98. The number of carbonyl (C=O) groups is 2. The summed E-state index contributed by atoms with van der Waals surface area (Å²) >= 11 is 1.13. The van der Waals surface area contributed by atoms with Gasteiger partial charge in [0, 0.05) is 11.5 Å². The van der Waals surface area contributed by atoms with Gasteiger partial charge in [-0.25, -0.2) is 4.79 Å². The maximum absolute atomic E-state index is 12.0. The van der Waals surface area contributed by atoms with Crippen LogP contribution in [-0.2, 0) is 15.3 Å². The van der Waals surface area contributed by atoms with Crippen molar-refractivity contribution in [2.24, 2.45) is 0 Å². The predicted octanol–water partition coefficient (Wildman–Crippen LogP) is 2.05. The molecule has 0 aromatic heterocycles. The SMILES string of the molecule is O=C(O)C(CSCc1ccccc1)NC(=O)C(F)(F)F. The summed E-state index contributed by atoms with van der Waals surface area (Å²) in [4.78, 5) is 21.5. The minimum atomic E-state index is -5.09. The molecule has 0 fully saturated rings. The minimum Gasteiger partial charge on any atom is -0.480 e. The number of carboxylic acid groups (broad SMARTS) is 1. The number of thioether (sulfide) groups is 1. The summed E-state index contributed by atoms with van der Waals surface area (Å²) in [5.41, 5.74) is 0.920. The van der Waals surface area contributed by atoms with E-state index >= 15 is 0 Å². The molecule has 0 saturated carbocycles. The molecule has 1 unspecified atom stereocenters. The molecule has 1 atom stereocenters. The number of hydrogen-bond acceptors (Lipinski definition) is 3. The van der Waals surface area contributed by atoms with Crippen molar-refractivity contribution in [2.45, 2.75) is 18.0 Å². The number of carbonyl (C=O) groups excluding carboxylic acids is 1. The molecule has 4 nitrogen and oxygen atoms in total. The summed E-state index contributed by atoms with van der Waals surface area (Å²) < 4.78 is 36.1. The quantitative estimate of drug-likeness (QED) is 0.844. The number of halogens is 3. The van der Waals surface area contributed by atoms with Crippen molar-refractivity contribution in [3.05, 3.63) is 35.9 Å². The van der Waals surface area contributed by atoms with Crippen LogP contribution in [0.4, 0.5) is 13.2 Å². The number of nitrogens with one attached hydrogen (secondary N) is 1. The Balaban J connectivity index is 2.48. The number of amides is 1. The molecular formula is C12H12F3NO3S. The lowest BCUT2D eigenvalue weighted by atomic mass is 10.2. The molecule has 1 aromatic rings. The number of rotatable bonds is 6. The lowest BCUT2D eigenvalue weighted by Gasteiger charge is -2.15. The summed E-state index contributed by atoms with van der Waals surface area (Å²) in [6.45, 7) is 0. The van der Waals surface area contributed by atoms with Crippen LogP contribution < -0.4 is 5.32 Å². The van der Waals surface area contributed by atoms with E-state index in [9.17, 15) is 22.8 Å². The third kappa shape index (κ3) is 5.52. The van der Waals surface area contributed by atoms with Gasteiger partial charge in [0.15, 0.2) is 0 Å². The number of hydrogen-bond donors (Lipinski definition) is 2. The van der Waals surface area contributed by atoms with Gasteiger partial charge in [-0.15, -0.1) is 0 Å². The van der Waals surface area contributed by atoms with Gasteiger partial charge in [-0.2, -0.15) is 24.9 Å². The van der Waals surface area contributed by atoms with Crippen molar-refractivity contribution < 1.29 is 27.9 Å². The van der Waals surface area contributed by atoms with Crippen molar-refractivity contribution in [3.8, 4) is 0 Å². The van der Waals surface area contributed by atoms with Crippen LogP contribution in [0.25, 0.3) is 0 Å². The van der Waals surface area contributed by atoms with Gasteiger partial charge in [0.05, 0.1) is 0 Å². The predicted molar refractivity (Wildman–Crippen MR) is 68.2 cm³/mol. The Hall–Kier alpha value is -1.70. The van der Waals surface area contributed by atoms with Crippen LogP contribution in [0.1, 0.15) is 5.56 Å². The Morgan fingerprint density at radius 1 is 1.25 bits per heavy atom. The highest BCUT2D eigenvalue weighted by Crippen LogP contribution is 2.16. The van der Waals surface area contributed by atoms with Gasteiger partial charge in [0.1, 0.15) is 6.04 Å². The van der Waals surface area contributed by atoms with Gasteiger partial charge < -0.3 is 10.4 Å². The molecule has 0 radical (unpaired) electrons. The molecule has 0 aliphatic heterocycles. The lowest BCUT2D eigenvalue weighted by Crippen LogP contribution is -2.48. The summed E-state index contributed by atoms with van der Waals surface area (Å²) in [6.07, 6.45) is -5.09. The fraction of sp³-hybridized carbons (Fsp3) is 0.333. The van der Waals surface area contributed by atoms with Gasteiger partial charge in [-0.05, 0) is 5.56 Å². The maximum Gasteiger partial charge on any atom is 0.471 e. The normalized spacial score (nSPS) is 12.8. The molecular weight excluding hydrogens is 295 g/mol. The Morgan fingerprint density at radius 3 is 2.35 bits per heavy atom. The molecule has 2 N–H and O–H groups in total. The van der Waals surface area contributed by atoms with Crippen molar-refractivity contribution in [1.82, 2.24) is 5.32 Å². The van der Waals surface area contributed by atoms with Crippen LogP contribution in [0.3, 0.4) is 0 Å². The topological polar surface area (TPSA) is 66.4 Å². The van der Waals surface area contributed by atoms with Gasteiger partial charge in [0.25, 0.3) is 0 Å². The van der Waals surface area contributed by atoms with Crippen molar-refractivity contribution >= 4 is 23.6 Å². The molecule has 1 rings (SSSR count). The zero-order valence-electron chi connectivity index (χ0n) is 10.2.